The first-order valence-electron chi connectivity index (χ1n) is 7.51. The molecule has 0 amide bonds. The van der Waals surface area contributed by atoms with Gasteiger partial charge in [0.15, 0.2) is 6.61 Å². The van der Waals surface area contributed by atoms with Gasteiger partial charge in [0.2, 0.25) is 0 Å². The summed E-state index contributed by atoms with van der Waals surface area (Å²) in [6.45, 7) is 7.79. The second-order valence-corrected chi connectivity index (χ2v) is 6.10. The Bertz CT molecular complexity index is 438. The molecule has 0 bridgehead atoms. The van der Waals surface area contributed by atoms with Crippen molar-refractivity contribution in [1.82, 2.24) is 0 Å². The maximum absolute atomic E-state index is 11.8. The topological polar surface area (TPSA) is 61.5 Å². The van der Waals surface area contributed by atoms with Crippen LogP contribution in [0.3, 0.4) is 0 Å². The molecule has 0 saturated carbocycles. The van der Waals surface area contributed by atoms with Crippen LogP contribution in [0.5, 0.6) is 5.75 Å². The van der Waals surface area contributed by atoms with Crippen LogP contribution >= 0.6 is 0 Å². The molecule has 4 heteroatoms. The lowest BCUT2D eigenvalue weighted by Gasteiger charge is -2.24. The number of ether oxygens (including phenoxy) is 2. The van der Waals surface area contributed by atoms with E-state index in [4.69, 9.17) is 15.2 Å². The molecule has 0 spiro atoms. The van der Waals surface area contributed by atoms with Gasteiger partial charge in [-0.05, 0) is 51.3 Å². The van der Waals surface area contributed by atoms with Gasteiger partial charge in [-0.3, -0.25) is 0 Å². The van der Waals surface area contributed by atoms with E-state index in [1.165, 1.54) is 0 Å². The molecule has 0 radical (unpaired) electrons. The fourth-order valence-corrected chi connectivity index (χ4v) is 2.23. The van der Waals surface area contributed by atoms with Crippen LogP contribution in [0.4, 0.5) is 0 Å². The van der Waals surface area contributed by atoms with Crippen molar-refractivity contribution < 1.29 is 14.3 Å². The van der Waals surface area contributed by atoms with Gasteiger partial charge < -0.3 is 15.2 Å². The standard InChI is InChI=1S/C17H27NO3/c1-5-10-17(3,4)21-16(19)12-20-15-8-6-14(7-9-15)11-13(2)18/h6-9,13H,5,10-12,18H2,1-4H3. The first-order valence-corrected chi connectivity index (χ1v) is 7.51. The maximum atomic E-state index is 11.8. The summed E-state index contributed by atoms with van der Waals surface area (Å²) in [6.07, 6.45) is 2.64. The fraction of sp³-hybridized carbons (Fsp3) is 0.588. The Hall–Kier alpha value is -1.55. The minimum absolute atomic E-state index is 0.0697. The highest BCUT2D eigenvalue weighted by Crippen LogP contribution is 2.17. The summed E-state index contributed by atoms with van der Waals surface area (Å²) in [5, 5.41) is 0. The Kier molecular flexibility index (Phi) is 6.69. The Labute approximate surface area is 127 Å². The van der Waals surface area contributed by atoms with Crippen LogP contribution in [-0.4, -0.2) is 24.2 Å². The SMILES string of the molecule is CCCC(C)(C)OC(=O)COc1ccc(CC(C)N)cc1. The van der Waals surface area contributed by atoms with Gasteiger partial charge in [-0.15, -0.1) is 0 Å². The molecule has 4 nitrogen and oxygen atoms in total. The summed E-state index contributed by atoms with van der Waals surface area (Å²) in [6, 6.07) is 7.76. The fourth-order valence-electron chi connectivity index (χ4n) is 2.23. The molecule has 1 atom stereocenters. The quantitative estimate of drug-likeness (QED) is 0.748. The van der Waals surface area contributed by atoms with Crippen molar-refractivity contribution in [3.05, 3.63) is 29.8 Å². The third kappa shape index (κ3) is 7.14. The zero-order chi connectivity index (χ0) is 15.9. The van der Waals surface area contributed by atoms with Crippen molar-refractivity contribution in [2.75, 3.05) is 6.61 Å². The van der Waals surface area contributed by atoms with Gasteiger partial charge in [0.1, 0.15) is 11.4 Å². The monoisotopic (exact) mass is 293 g/mol. The molecule has 1 rings (SSSR count). The van der Waals surface area contributed by atoms with Crippen molar-refractivity contribution in [3.63, 3.8) is 0 Å². The van der Waals surface area contributed by atoms with Gasteiger partial charge in [0.25, 0.3) is 0 Å². The number of benzene rings is 1. The van der Waals surface area contributed by atoms with E-state index in [1.807, 2.05) is 45.0 Å². The third-order valence-corrected chi connectivity index (χ3v) is 3.08. The Morgan fingerprint density at radius 1 is 1.29 bits per heavy atom. The number of rotatable bonds is 8. The number of carbonyl (C=O) groups is 1. The van der Waals surface area contributed by atoms with Gasteiger partial charge in [-0.25, -0.2) is 4.79 Å². The van der Waals surface area contributed by atoms with Crippen LogP contribution in [0.25, 0.3) is 0 Å². The van der Waals surface area contributed by atoms with Crippen LogP contribution in [0.1, 0.15) is 46.1 Å². The van der Waals surface area contributed by atoms with Crippen molar-refractivity contribution in [1.29, 1.82) is 0 Å². The van der Waals surface area contributed by atoms with E-state index < -0.39 is 5.60 Å². The highest BCUT2D eigenvalue weighted by molar-refractivity contribution is 5.71. The number of esters is 1. The van der Waals surface area contributed by atoms with E-state index >= 15 is 0 Å². The van der Waals surface area contributed by atoms with E-state index in [9.17, 15) is 4.79 Å². The van der Waals surface area contributed by atoms with Gasteiger partial charge in [0, 0.05) is 6.04 Å². The minimum atomic E-state index is -0.434. The van der Waals surface area contributed by atoms with E-state index in [1.54, 1.807) is 0 Å². The van der Waals surface area contributed by atoms with Crippen molar-refractivity contribution in [2.45, 2.75) is 58.6 Å². The molecule has 1 aromatic rings. The smallest absolute Gasteiger partial charge is 0.344 e. The summed E-state index contributed by atoms with van der Waals surface area (Å²) >= 11 is 0. The van der Waals surface area contributed by atoms with Crippen molar-refractivity contribution in [3.8, 4) is 5.75 Å². The lowest BCUT2D eigenvalue weighted by molar-refractivity contribution is -0.159. The molecule has 21 heavy (non-hydrogen) atoms. The normalized spacial score (nSPS) is 12.8. The van der Waals surface area contributed by atoms with E-state index in [0.29, 0.717) is 5.75 Å². The molecule has 0 aliphatic heterocycles. The molecule has 1 unspecified atom stereocenters. The first kappa shape index (κ1) is 17.5. The molecular formula is C17H27NO3. The van der Waals surface area contributed by atoms with Crippen LogP contribution in [0.15, 0.2) is 24.3 Å². The van der Waals surface area contributed by atoms with E-state index in [-0.39, 0.29) is 18.6 Å². The number of hydrogen-bond acceptors (Lipinski definition) is 4. The molecule has 0 heterocycles. The second-order valence-electron chi connectivity index (χ2n) is 6.10. The van der Waals surface area contributed by atoms with Gasteiger partial charge in [-0.2, -0.15) is 0 Å². The maximum Gasteiger partial charge on any atom is 0.344 e. The molecule has 0 fully saturated rings. The summed E-state index contributed by atoms with van der Waals surface area (Å²) in [7, 11) is 0. The lowest BCUT2D eigenvalue weighted by atomic mass is 10.0. The summed E-state index contributed by atoms with van der Waals surface area (Å²) < 4.78 is 10.8. The summed E-state index contributed by atoms with van der Waals surface area (Å²) in [5.41, 5.74) is 6.47. The second kappa shape index (κ2) is 8.03. The van der Waals surface area contributed by atoms with E-state index in [0.717, 1.165) is 24.8 Å². The molecule has 0 aliphatic carbocycles. The Morgan fingerprint density at radius 2 is 1.90 bits per heavy atom. The van der Waals surface area contributed by atoms with Crippen LogP contribution < -0.4 is 10.5 Å². The number of carbonyl (C=O) groups excluding carboxylic acids is 1. The molecule has 0 saturated heterocycles. The lowest BCUT2D eigenvalue weighted by Crippen LogP contribution is -2.30. The highest BCUT2D eigenvalue weighted by atomic mass is 16.6. The van der Waals surface area contributed by atoms with Crippen molar-refractivity contribution >= 4 is 5.97 Å². The minimum Gasteiger partial charge on any atom is -0.482 e. The van der Waals surface area contributed by atoms with Gasteiger partial charge in [-0.1, -0.05) is 25.5 Å². The van der Waals surface area contributed by atoms with Crippen molar-refractivity contribution in [2.24, 2.45) is 5.73 Å². The van der Waals surface area contributed by atoms with Gasteiger partial charge in [0.05, 0.1) is 0 Å². The zero-order valence-corrected chi connectivity index (χ0v) is 13.5. The number of nitrogens with two attached hydrogens (primary N) is 1. The average Bonchev–Trinajstić information content (AvgIpc) is 2.36. The molecule has 0 aromatic heterocycles. The molecule has 1 aromatic carbocycles. The predicted molar refractivity (Wildman–Crippen MR) is 84.4 cm³/mol. The van der Waals surface area contributed by atoms with Gasteiger partial charge >= 0.3 is 5.97 Å². The van der Waals surface area contributed by atoms with Crippen LogP contribution in [0.2, 0.25) is 0 Å². The molecular weight excluding hydrogens is 266 g/mol. The predicted octanol–water partition coefficient (Wildman–Crippen LogP) is 3.08. The summed E-state index contributed by atoms with van der Waals surface area (Å²) in [4.78, 5) is 11.8. The Morgan fingerprint density at radius 3 is 2.43 bits per heavy atom. The molecule has 118 valence electrons. The van der Waals surface area contributed by atoms with E-state index in [2.05, 4.69) is 6.92 Å². The average molecular weight is 293 g/mol. The van der Waals surface area contributed by atoms with Crippen LogP contribution in [-0.2, 0) is 16.0 Å². The summed E-state index contributed by atoms with van der Waals surface area (Å²) in [5.74, 6) is 0.321. The Balaban J connectivity index is 2.42. The highest BCUT2D eigenvalue weighted by Gasteiger charge is 2.21. The molecule has 2 N–H and O–H groups in total. The first-order chi connectivity index (χ1) is 9.82. The third-order valence-electron chi connectivity index (χ3n) is 3.08. The largest absolute Gasteiger partial charge is 0.482 e. The number of hydrogen-bond donors (Lipinski definition) is 1. The molecule has 0 aliphatic rings. The zero-order valence-electron chi connectivity index (χ0n) is 13.5. The van der Waals surface area contributed by atoms with Crippen LogP contribution in [0, 0.1) is 0 Å².